The molecule has 1 heterocycles. The molecule has 6 aromatic rings. The SMILES string of the molecule is COc1ccc(C(c2ccccc2)(c2ccc(OC)cc2)[C@]2(N)CSCC(C)(c3cc(N=C(c4ccccc4)c4ccccc4)ccc3F)N2)cc1. The van der Waals surface area contributed by atoms with Crippen LogP contribution in [0.3, 0.4) is 0 Å². The zero-order valence-corrected chi connectivity index (χ0v) is 30.4. The quantitative estimate of drug-likeness (QED) is 0.110. The van der Waals surface area contributed by atoms with Gasteiger partial charge in [-0.25, -0.2) is 9.38 Å². The fourth-order valence-electron chi connectivity index (χ4n) is 7.59. The number of thioether (sulfide) groups is 1. The highest BCUT2D eigenvalue weighted by atomic mass is 32.2. The second-order valence-electron chi connectivity index (χ2n) is 13.4. The summed E-state index contributed by atoms with van der Waals surface area (Å²) >= 11 is 1.71. The number of halogens is 1. The molecule has 0 spiro atoms. The van der Waals surface area contributed by atoms with E-state index in [4.69, 9.17) is 20.2 Å². The summed E-state index contributed by atoms with van der Waals surface area (Å²) in [4.78, 5) is 5.15. The number of rotatable bonds is 10. The first kappa shape index (κ1) is 35.2. The second-order valence-corrected chi connectivity index (χ2v) is 14.3. The summed E-state index contributed by atoms with van der Waals surface area (Å²) in [5.74, 6) is 2.30. The van der Waals surface area contributed by atoms with E-state index < -0.39 is 16.6 Å². The van der Waals surface area contributed by atoms with Crippen molar-refractivity contribution in [1.29, 1.82) is 0 Å². The molecular formula is C45H42FN3O2S. The molecule has 0 aliphatic carbocycles. The van der Waals surface area contributed by atoms with Crippen LogP contribution < -0.4 is 20.5 Å². The van der Waals surface area contributed by atoms with Gasteiger partial charge in [-0.2, -0.15) is 11.8 Å². The summed E-state index contributed by atoms with van der Waals surface area (Å²) < 4.78 is 27.4. The van der Waals surface area contributed by atoms with E-state index in [0.717, 1.165) is 45.0 Å². The van der Waals surface area contributed by atoms with Gasteiger partial charge < -0.3 is 15.2 Å². The van der Waals surface area contributed by atoms with Gasteiger partial charge in [0.2, 0.25) is 0 Å². The summed E-state index contributed by atoms with van der Waals surface area (Å²) in [5.41, 5.74) is 11.8. The molecule has 0 amide bonds. The third-order valence-corrected chi connectivity index (χ3v) is 11.5. The number of aliphatic imine (C=N–C) groups is 1. The summed E-state index contributed by atoms with van der Waals surface area (Å²) in [5, 5.41) is 3.91. The molecule has 0 aromatic heterocycles. The summed E-state index contributed by atoms with van der Waals surface area (Å²) in [6.45, 7) is 2.04. The highest BCUT2D eigenvalue weighted by Crippen LogP contribution is 2.51. The molecule has 3 N–H and O–H groups in total. The highest BCUT2D eigenvalue weighted by molar-refractivity contribution is 7.99. The third kappa shape index (κ3) is 6.52. The molecule has 1 saturated heterocycles. The van der Waals surface area contributed by atoms with Crippen LogP contribution in [0, 0.1) is 5.82 Å². The second kappa shape index (κ2) is 14.8. The molecule has 7 rings (SSSR count). The molecule has 7 heteroatoms. The van der Waals surface area contributed by atoms with Crippen LogP contribution in [0.4, 0.5) is 10.1 Å². The lowest BCUT2D eigenvalue weighted by atomic mass is 9.61. The predicted octanol–water partition coefficient (Wildman–Crippen LogP) is 9.25. The van der Waals surface area contributed by atoms with Crippen molar-refractivity contribution < 1.29 is 13.9 Å². The van der Waals surface area contributed by atoms with Crippen molar-refractivity contribution in [3.8, 4) is 11.5 Å². The van der Waals surface area contributed by atoms with Gasteiger partial charge in [0.15, 0.2) is 0 Å². The minimum absolute atomic E-state index is 0.320. The lowest BCUT2D eigenvalue weighted by molar-refractivity contribution is 0.186. The van der Waals surface area contributed by atoms with E-state index in [2.05, 4.69) is 41.7 Å². The molecule has 0 bridgehead atoms. The van der Waals surface area contributed by atoms with Crippen LogP contribution in [-0.4, -0.2) is 37.1 Å². The number of nitrogens with zero attached hydrogens (tertiary/aromatic N) is 1. The van der Waals surface area contributed by atoms with Gasteiger partial charge in [0.05, 0.1) is 42.2 Å². The maximum atomic E-state index is 16.3. The average molecular weight is 708 g/mol. The number of nitrogens with two attached hydrogens (primary N) is 1. The summed E-state index contributed by atoms with van der Waals surface area (Å²) in [6.07, 6.45) is 0. The maximum Gasteiger partial charge on any atom is 0.128 e. The third-order valence-electron chi connectivity index (χ3n) is 10.0. The van der Waals surface area contributed by atoms with E-state index in [1.165, 1.54) is 6.07 Å². The van der Waals surface area contributed by atoms with E-state index in [0.29, 0.717) is 22.8 Å². The van der Waals surface area contributed by atoms with E-state index in [1.54, 1.807) is 32.0 Å². The van der Waals surface area contributed by atoms with Gasteiger partial charge in [-0.15, -0.1) is 0 Å². The van der Waals surface area contributed by atoms with Crippen molar-refractivity contribution in [2.75, 3.05) is 25.7 Å². The topological polar surface area (TPSA) is 68.9 Å². The first-order valence-corrected chi connectivity index (χ1v) is 18.5. The molecule has 1 aliphatic heterocycles. The number of nitrogens with one attached hydrogen (secondary N) is 1. The maximum absolute atomic E-state index is 16.3. The number of ether oxygens (including phenoxy) is 2. The fourth-order valence-corrected chi connectivity index (χ4v) is 8.94. The Balaban J connectivity index is 1.40. The molecule has 52 heavy (non-hydrogen) atoms. The number of benzene rings is 6. The zero-order valence-electron chi connectivity index (χ0n) is 29.6. The minimum Gasteiger partial charge on any atom is -0.497 e. The van der Waals surface area contributed by atoms with Crippen molar-refractivity contribution in [2.45, 2.75) is 23.5 Å². The van der Waals surface area contributed by atoms with Crippen LogP contribution in [0.25, 0.3) is 0 Å². The Kier molecular flexibility index (Phi) is 10.0. The summed E-state index contributed by atoms with van der Waals surface area (Å²) in [7, 11) is 3.32. The van der Waals surface area contributed by atoms with E-state index in [9.17, 15) is 0 Å². The number of methoxy groups -OCH3 is 2. The molecule has 6 aromatic carbocycles. The largest absolute Gasteiger partial charge is 0.497 e. The normalized spacial score (nSPS) is 18.7. The van der Waals surface area contributed by atoms with Crippen LogP contribution >= 0.6 is 11.8 Å². The highest BCUT2D eigenvalue weighted by Gasteiger charge is 2.57. The molecule has 1 fully saturated rings. The van der Waals surface area contributed by atoms with Crippen molar-refractivity contribution in [3.05, 3.63) is 197 Å². The Morgan fingerprint density at radius 1 is 0.673 bits per heavy atom. The molecule has 1 aliphatic rings. The monoisotopic (exact) mass is 707 g/mol. The van der Waals surface area contributed by atoms with Crippen LogP contribution in [0.15, 0.2) is 163 Å². The van der Waals surface area contributed by atoms with Crippen LogP contribution in [0.2, 0.25) is 0 Å². The molecule has 2 atom stereocenters. The van der Waals surface area contributed by atoms with Gasteiger partial charge in [-0.05, 0) is 66.1 Å². The first-order chi connectivity index (χ1) is 25.3. The van der Waals surface area contributed by atoms with Gasteiger partial charge in [0.1, 0.15) is 17.3 Å². The van der Waals surface area contributed by atoms with Crippen molar-refractivity contribution in [1.82, 2.24) is 5.32 Å². The minimum atomic E-state index is -1.12. The fraction of sp³-hybridized carbons (Fsp3) is 0.178. The van der Waals surface area contributed by atoms with Crippen LogP contribution in [0.1, 0.15) is 40.3 Å². The average Bonchev–Trinajstić information content (AvgIpc) is 3.19. The smallest absolute Gasteiger partial charge is 0.128 e. The van der Waals surface area contributed by atoms with Gasteiger partial charge in [-0.1, -0.05) is 115 Å². The first-order valence-electron chi connectivity index (χ1n) is 17.3. The molecule has 1 unspecified atom stereocenters. The molecule has 0 saturated carbocycles. The Bertz CT molecular complexity index is 2060. The standard InChI is InChI=1S/C45H42FN3O2S/c1-43(40-29-37(23-28-41(40)46)48-42(32-13-7-4-8-14-32)33-15-9-5-10-16-33)30-52-31-44(47,49-43)45(34-17-11-6-12-18-34,35-19-24-38(50-2)25-20-35)36-21-26-39(51-3)27-22-36/h4-29,49H,30-31,47H2,1-3H3/t43?,44-/m0/s1. The van der Waals surface area contributed by atoms with Crippen LogP contribution in [-0.2, 0) is 11.0 Å². The molecular weight excluding hydrogens is 666 g/mol. The van der Waals surface area contributed by atoms with Gasteiger partial charge >= 0.3 is 0 Å². The van der Waals surface area contributed by atoms with Crippen molar-refractivity contribution >= 4 is 23.2 Å². The lowest BCUT2D eigenvalue weighted by Gasteiger charge is -2.56. The zero-order chi connectivity index (χ0) is 36.2. The Morgan fingerprint density at radius 3 is 1.65 bits per heavy atom. The van der Waals surface area contributed by atoms with Gasteiger partial charge in [0, 0.05) is 28.2 Å². The summed E-state index contributed by atoms with van der Waals surface area (Å²) in [6, 6.07) is 51.8. The van der Waals surface area contributed by atoms with E-state index in [-0.39, 0.29) is 5.82 Å². The van der Waals surface area contributed by atoms with E-state index in [1.807, 2.05) is 116 Å². The predicted molar refractivity (Wildman–Crippen MR) is 212 cm³/mol. The van der Waals surface area contributed by atoms with E-state index >= 15 is 4.39 Å². The molecule has 262 valence electrons. The van der Waals surface area contributed by atoms with Crippen LogP contribution in [0.5, 0.6) is 11.5 Å². The number of hydrogen-bond acceptors (Lipinski definition) is 6. The van der Waals surface area contributed by atoms with Crippen molar-refractivity contribution in [3.63, 3.8) is 0 Å². The van der Waals surface area contributed by atoms with Crippen molar-refractivity contribution in [2.24, 2.45) is 10.7 Å². The lowest BCUT2D eigenvalue weighted by Crippen LogP contribution is -2.75. The molecule has 5 nitrogen and oxygen atoms in total. The Labute approximate surface area is 309 Å². The Hall–Kier alpha value is -5.21. The Morgan fingerprint density at radius 2 is 1.15 bits per heavy atom. The number of hydrogen-bond donors (Lipinski definition) is 2. The van der Waals surface area contributed by atoms with Gasteiger partial charge in [-0.3, -0.25) is 5.32 Å². The molecule has 0 radical (unpaired) electrons. The van der Waals surface area contributed by atoms with Gasteiger partial charge in [0.25, 0.3) is 0 Å².